The van der Waals surface area contributed by atoms with Crippen molar-refractivity contribution in [2.24, 2.45) is 0 Å². The summed E-state index contributed by atoms with van der Waals surface area (Å²) in [6.07, 6.45) is 0. The Labute approximate surface area is 165 Å². The van der Waals surface area contributed by atoms with E-state index in [0.29, 0.717) is 18.3 Å². The molecule has 4 nitrogen and oxygen atoms in total. The number of thiocarbonyl (C=S) groups is 1. The van der Waals surface area contributed by atoms with Crippen LogP contribution in [0, 0.1) is 0 Å². The third-order valence-corrected chi connectivity index (χ3v) is 3.99. The minimum atomic E-state index is 0.525. The standard InChI is InChI=1S/C22H22N2O2S/c1-2-25-20-12-8-18(9-13-20)23-22(27)24-19-10-14-21(15-11-19)26-16-17-6-4-3-5-7-17/h3-15H,2,16H2,1H3,(H2,23,24,27). The third-order valence-electron chi connectivity index (χ3n) is 3.78. The van der Waals surface area contributed by atoms with Gasteiger partial charge in [0.25, 0.3) is 0 Å². The van der Waals surface area contributed by atoms with Gasteiger partial charge in [0.2, 0.25) is 0 Å². The van der Waals surface area contributed by atoms with Crippen LogP contribution in [0.5, 0.6) is 11.5 Å². The number of benzene rings is 3. The minimum Gasteiger partial charge on any atom is -0.494 e. The normalized spacial score (nSPS) is 10.1. The molecule has 0 radical (unpaired) electrons. The maximum atomic E-state index is 5.79. The van der Waals surface area contributed by atoms with Crippen LogP contribution in [-0.4, -0.2) is 11.7 Å². The predicted octanol–water partition coefficient (Wildman–Crippen LogP) is 5.47. The van der Waals surface area contributed by atoms with E-state index in [-0.39, 0.29) is 0 Å². The number of hydrogen-bond donors (Lipinski definition) is 2. The number of nitrogens with one attached hydrogen (secondary N) is 2. The molecule has 0 spiro atoms. The minimum absolute atomic E-state index is 0.525. The van der Waals surface area contributed by atoms with E-state index in [2.05, 4.69) is 10.6 Å². The first-order valence-electron chi connectivity index (χ1n) is 8.80. The van der Waals surface area contributed by atoms with Gasteiger partial charge in [0, 0.05) is 11.4 Å². The third kappa shape index (κ3) is 6.01. The Morgan fingerprint density at radius 3 is 1.78 bits per heavy atom. The van der Waals surface area contributed by atoms with E-state index in [4.69, 9.17) is 21.7 Å². The summed E-state index contributed by atoms with van der Waals surface area (Å²) in [6.45, 7) is 3.16. The van der Waals surface area contributed by atoms with Gasteiger partial charge in [-0.05, 0) is 73.2 Å². The monoisotopic (exact) mass is 378 g/mol. The number of anilines is 2. The first-order chi connectivity index (χ1) is 13.2. The fourth-order valence-electron chi connectivity index (χ4n) is 2.47. The molecule has 0 fully saturated rings. The molecule has 0 bridgehead atoms. The van der Waals surface area contributed by atoms with Gasteiger partial charge in [-0.3, -0.25) is 0 Å². The van der Waals surface area contributed by atoms with Gasteiger partial charge in [-0.15, -0.1) is 0 Å². The summed E-state index contributed by atoms with van der Waals surface area (Å²) in [7, 11) is 0. The van der Waals surface area contributed by atoms with E-state index in [1.807, 2.05) is 85.8 Å². The van der Waals surface area contributed by atoms with Crippen LogP contribution in [0.15, 0.2) is 78.9 Å². The Hall–Kier alpha value is -3.05. The van der Waals surface area contributed by atoms with Gasteiger partial charge in [0.15, 0.2) is 5.11 Å². The molecule has 0 aliphatic carbocycles. The fourth-order valence-corrected chi connectivity index (χ4v) is 2.71. The molecule has 138 valence electrons. The van der Waals surface area contributed by atoms with Crippen molar-refractivity contribution in [1.82, 2.24) is 0 Å². The molecule has 5 heteroatoms. The highest BCUT2D eigenvalue weighted by Gasteiger charge is 2.01. The Kier molecular flexibility index (Phi) is 6.66. The van der Waals surface area contributed by atoms with Gasteiger partial charge >= 0.3 is 0 Å². The molecule has 0 aliphatic rings. The molecule has 27 heavy (non-hydrogen) atoms. The molecule has 0 heterocycles. The molecule has 0 amide bonds. The highest BCUT2D eigenvalue weighted by molar-refractivity contribution is 7.80. The van der Waals surface area contributed by atoms with Crippen LogP contribution in [0.2, 0.25) is 0 Å². The van der Waals surface area contributed by atoms with Gasteiger partial charge in [-0.2, -0.15) is 0 Å². The molecule has 0 aliphatic heterocycles. The van der Waals surface area contributed by atoms with E-state index in [1.54, 1.807) is 0 Å². The molecule has 0 aromatic heterocycles. The summed E-state index contributed by atoms with van der Waals surface area (Å²) in [5.74, 6) is 1.66. The Morgan fingerprint density at radius 2 is 1.26 bits per heavy atom. The zero-order valence-corrected chi connectivity index (χ0v) is 16.0. The lowest BCUT2D eigenvalue weighted by atomic mass is 10.2. The maximum absolute atomic E-state index is 5.79. The Morgan fingerprint density at radius 1 is 0.741 bits per heavy atom. The average molecular weight is 378 g/mol. The van der Waals surface area contributed by atoms with Gasteiger partial charge < -0.3 is 20.1 Å². The van der Waals surface area contributed by atoms with Crippen molar-refractivity contribution in [2.75, 3.05) is 17.2 Å². The summed E-state index contributed by atoms with van der Waals surface area (Å²) >= 11 is 5.37. The van der Waals surface area contributed by atoms with Crippen LogP contribution in [0.1, 0.15) is 12.5 Å². The Bertz CT molecular complexity index is 850. The molecule has 0 unspecified atom stereocenters. The summed E-state index contributed by atoms with van der Waals surface area (Å²) in [6, 6.07) is 25.5. The molecule has 2 N–H and O–H groups in total. The summed E-state index contributed by atoms with van der Waals surface area (Å²) in [5.41, 5.74) is 2.93. The summed E-state index contributed by atoms with van der Waals surface area (Å²) in [5, 5.41) is 6.84. The van der Waals surface area contributed by atoms with Crippen LogP contribution in [0.4, 0.5) is 11.4 Å². The highest BCUT2D eigenvalue weighted by Crippen LogP contribution is 2.19. The second-order valence-electron chi connectivity index (χ2n) is 5.84. The van der Waals surface area contributed by atoms with Crippen molar-refractivity contribution in [3.63, 3.8) is 0 Å². The van der Waals surface area contributed by atoms with Gasteiger partial charge in [0.05, 0.1) is 6.61 Å². The van der Waals surface area contributed by atoms with E-state index < -0.39 is 0 Å². The average Bonchev–Trinajstić information content (AvgIpc) is 2.70. The molecule has 0 atom stereocenters. The van der Waals surface area contributed by atoms with Crippen molar-refractivity contribution >= 4 is 28.7 Å². The number of ether oxygens (including phenoxy) is 2. The number of rotatable bonds is 7. The van der Waals surface area contributed by atoms with Crippen molar-refractivity contribution in [3.8, 4) is 11.5 Å². The summed E-state index contributed by atoms with van der Waals surface area (Å²) < 4.78 is 11.2. The lowest BCUT2D eigenvalue weighted by Gasteiger charge is -2.12. The van der Waals surface area contributed by atoms with Crippen molar-refractivity contribution in [2.45, 2.75) is 13.5 Å². The van der Waals surface area contributed by atoms with Crippen LogP contribution >= 0.6 is 12.2 Å². The zero-order valence-electron chi connectivity index (χ0n) is 15.1. The van der Waals surface area contributed by atoms with E-state index in [1.165, 1.54) is 0 Å². The van der Waals surface area contributed by atoms with Gasteiger partial charge in [-0.25, -0.2) is 0 Å². The highest BCUT2D eigenvalue weighted by atomic mass is 32.1. The zero-order chi connectivity index (χ0) is 18.9. The van der Waals surface area contributed by atoms with Crippen LogP contribution in [0.3, 0.4) is 0 Å². The SMILES string of the molecule is CCOc1ccc(NC(=S)Nc2ccc(OCc3ccccc3)cc2)cc1. The summed E-state index contributed by atoms with van der Waals surface area (Å²) in [4.78, 5) is 0. The van der Waals surface area contributed by atoms with Crippen LogP contribution in [-0.2, 0) is 6.61 Å². The lowest BCUT2D eigenvalue weighted by molar-refractivity contribution is 0.306. The molecule has 0 saturated heterocycles. The molecule has 0 saturated carbocycles. The van der Waals surface area contributed by atoms with Gasteiger partial charge in [-0.1, -0.05) is 30.3 Å². The molecular weight excluding hydrogens is 356 g/mol. The second kappa shape index (κ2) is 9.59. The van der Waals surface area contributed by atoms with Crippen molar-refractivity contribution < 1.29 is 9.47 Å². The fraction of sp³-hybridized carbons (Fsp3) is 0.136. The second-order valence-corrected chi connectivity index (χ2v) is 6.24. The smallest absolute Gasteiger partial charge is 0.175 e. The maximum Gasteiger partial charge on any atom is 0.175 e. The van der Waals surface area contributed by atoms with E-state index >= 15 is 0 Å². The molecule has 3 aromatic rings. The predicted molar refractivity (Wildman–Crippen MR) is 115 cm³/mol. The van der Waals surface area contributed by atoms with E-state index in [9.17, 15) is 0 Å². The van der Waals surface area contributed by atoms with Crippen molar-refractivity contribution in [3.05, 3.63) is 84.4 Å². The Balaban J connectivity index is 1.49. The quantitative estimate of drug-likeness (QED) is 0.534. The van der Waals surface area contributed by atoms with Crippen LogP contribution in [0.25, 0.3) is 0 Å². The molecule has 3 rings (SSSR count). The first-order valence-corrected chi connectivity index (χ1v) is 9.21. The molecule has 3 aromatic carbocycles. The number of hydrogen-bond acceptors (Lipinski definition) is 3. The molecular formula is C22H22N2O2S. The van der Waals surface area contributed by atoms with Crippen molar-refractivity contribution in [1.29, 1.82) is 0 Å². The first kappa shape index (κ1) is 18.7. The van der Waals surface area contributed by atoms with E-state index in [0.717, 1.165) is 28.4 Å². The lowest BCUT2D eigenvalue weighted by Crippen LogP contribution is -2.18. The van der Waals surface area contributed by atoms with Gasteiger partial charge in [0.1, 0.15) is 18.1 Å². The topological polar surface area (TPSA) is 42.5 Å². The van der Waals surface area contributed by atoms with Crippen LogP contribution < -0.4 is 20.1 Å². The largest absolute Gasteiger partial charge is 0.494 e.